The molecule has 0 aliphatic carbocycles. The molecule has 1 atom stereocenters. The van der Waals surface area contributed by atoms with Gasteiger partial charge < -0.3 is 15.2 Å². The van der Waals surface area contributed by atoms with Gasteiger partial charge in [-0.05, 0) is 55.7 Å². The molecule has 0 bridgehead atoms. The first-order valence-electron chi connectivity index (χ1n) is 8.40. The topological polar surface area (TPSA) is 58.6 Å². The number of ether oxygens (including phenoxy) is 1. The molecule has 6 heteroatoms. The van der Waals surface area contributed by atoms with Crippen molar-refractivity contribution >= 4 is 5.91 Å². The number of carbonyl (C=O) groups is 1. The van der Waals surface area contributed by atoms with Crippen molar-refractivity contribution in [1.82, 2.24) is 5.32 Å². The average Bonchev–Trinajstić information content (AvgIpc) is 2.60. The third kappa shape index (κ3) is 5.81. The zero-order chi connectivity index (χ0) is 19.1. The molecule has 0 aliphatic rings. The summed E-state index contributed by atoms with van der Waals surface area (Å²) in [6.07, 6.45) is 0.123. The van der Waals surface area contributed by atoms with E-state index in [0.29, 0.717) is 5.75 Å². The summed E-state index contributed by atoms with van der Waals surface area (Å²) < 4.78 is 32.4. The summed E-state index contributed by atoms with van der Waals surface area (Å²) in [6.45, 7) is 3.60. The van der Waals surface area contributed by atoms with Gasteiger partial charge in [0, 0.05) is 19.1 Å². The maximum atomic E-state index is 13.7. The zero-order valence-electron chi connectivity index (χ0n) is 14.9. The van der Waals surface area contributed by atoms with Gasteiger partial charge in [-0.2, -0.15) is 0 Å². The van der Waals surface area contributed by atoms with Crippen LogP contribution in [0.3, 0.4) is 0 Å². The summed E-state index contributed by atoms with van der Waals surface area (Å²) in [4.78, 5) is 11.9. The fourth-order valence-corrected chi connectivity index (χ4v) is 2.63. The minimum atomic E-state index is -0.538. The quantitative estimate of drug-likeness (QED) is 0.758. The van der Waals surface area contributed by atoms with E-state index in [-0.39, 0.29) is 37.6 Å². The van der Waals surface area contributed by atoms with Crippen LogP contribution < -0.4 is 10.1 Å². The Labute approximate surface area is 151 Å². The Morgan fingerprint density at radius 2 is 1.96 bits per heavy atom. The number of halogens is 2. The third-order valence-electron chi connectivity index (χ3n) is 4.05. The van der Waals surface area contributed by atoms with Crippen LogP contribution in [0.25, 0.3) is 0 Å². The van der Waals surface area contributed by atoms with E-state index >= 15 is 0 Å². The van der Waals surface area contributed by atoms with E-state index in [4.69, 9.17) is 4.74 Å². The predicted octanol–water partition coefficient (Wildman–Crippen LogP) is 2.93. The second-order valence-corrected chi connectivity index (χ2v) is 6.35. The Hall–Kier alpha value is -2.47. The number of nitrogens with one attached hydrogen (secondary N) is 1. The van der Waals surface area contributed by atoms with E-state index in [1.54, 1.807) is 6.07 Å². The summed E-state index contributed by atoms with van der Waals surface area (Å²) >= 11 is 0. The highest BCUT2D eigenvalue weighted by atomic mass is 19.1. The van der Waals surface area contributed by atoms with Crippen molar-refractivity contribution in [2.75, 3.05) is 19.8 Å². The molecule has 0 aromatic heterocycles. The SMILES string of the molecule is Cc1ccc(OCC(=O)NC[C@@H](CO)Cc2cc(F)ccc2F)c(C)c1. The molecule has 0 saturated heterocycles. The largest absolute Gasteiger partial charge is 0.484 e. The van der Waals surface area contributed by atoms with E-state index in [2.05, 4.69) is 5.32 Å². The van der Waals surface area contributed by atoms with Crippen LogP contribution in [0, 0.1) is 31.4 Å². The summed E-state index contributed by atoms with van der Waals surface area (Å²) in [6, 6.07) is 8.86. The van der Waals surface area contributed by atoms with Gasteiger partial charge in [-0.25, -0.2) is 8.78 Å². The number of aryl methyl sites for hydroxylation is 2. The smallest absolute Gasteiger partial charge is 0.257 e. The van der Waals surface area contributed by atoms with Crippen molar-refractivity contribution in [3.8, 4) is 5.75 Å². The number of carbonyl (C=O) groups excluding carboxylic acids is 1. The summed E-state index contributed by atoms with van der Waals surface area (Å²) in [5.74, 6) is -1.20. The van der Waals surface area contributed by atoms with E-state index < -0.39 is 17.6 Å². The molecular weight excluding hydrogens is 340 g/mol. The summed E-state index contributed by atoms with van der Waals surface area (Å²) in [7, 11) is 0. The van der Waals surface area contributed by atoms with Crippen LogP contribution in [-0.2, 0) is 11.2 Å². The van der Waals surface area contributed by atoms with Crippen LogP contribution in [0.5, 0.6) is 5.75 Å². The molecule has 26 heavy (non-hydrogen) atoms. The van der Waals surface area contributed by atoms with Crippen LogP contribution in [-0.4, -0.2) is 30.8 Å². The van der Waals surface area contributed by atoms with Gasteiger partial charge in [0.1, 0.15) is 17.4 Å². The third-order valence-corrected chi connectivity index (χ3v) is 4.05. The Morgan fingerprint density at radius 1 is 1.19 bits per heavy atom. The molecule has 0 radical (unpaired) electrons. The monoisotopic (exact) mass is 363 g/mol. The van der Waals surface area contributed by atoms with E-state index in [9.17, 15) is 18.7 Å². The van der Waals surface area contributed by atoms with Gasteiger partial charge in [-0.15, -0.1) is 0 Å². The number of benzene rings is 2. The molecule has 4 nitrogen and oxygen atoms in total. The van der Waals surface area contributed by atoms with E-state index in [1.807, 2.05) is 26.0 Å². The first-order chi connectivity index (χ1) is 12.4. The van der Waals surface area contributed by atoms with Gasteiger partial charge in [0.25, 0.3) is 5.91 Å². The Balaban J connectivity index is 1.83. The molecular formula is C20H23F2NO3. The van der Waals surface area contributed by atoms with Gasteiger partial charge in [-0.1, -0.05) is 17.7 Å². The summed E-state index contributed by atoms with van der Waals surface area (Å²) in [5.41, 5.74) is 2.21. The molecule has 2 rings (SSSR count). The van der Waals surface area contributed by atoms with Crippen molar-refractivity contribution in [3.05, 3.63) is 64.7 Å². The molecule has 0 aliphatic heterocycles. The zero-order valence-corrected chi connectivity index (χ0v) is 14.9. The highest BCUT2D eigenvalue weighted by molar-refractivity contribution is 5.77. The lowest BCUT2D eigenvalue weighted by atomic mass is 9.99. The molecule has 0 heterocycles. The van der Waals surface area contributed by atoms with Crippen LogP contribution >= 0.6 is 0 Å². The Kier molecular flexibility index (Phi) is 7.09. The number of aliphatic hydroxyl groups is 1. The number of amides is 1. The lowest BCUT2D eigenvalue weighted by Gasteiger charge is -2.16. The number of rotatable bonds is 8. The highest BCUT2D eigenvalue weighted by Gasteiger charge is 2.14. The van der Waals surface area contributed by atoms with E-state index in [1.165, 1.54) is 0 Å². The fourth-order valence-electron chi connectivity index (χ4n) is 2.63. The number of aliphatic hydroxyl groups excluding tert-OH is 1. The standard InChI is InChI=1S/C20H23F2NO3/c1-13-3-6-19(14(2)7-13)26-12-20(25)23-10-15(11-24)8-16-9-17(21)4-5-18(16)22/h3-7,9,15,24H,8,10-12H2,1-2H3,(H,23,25)/t15-/m0/s1. The van der Waals surface area contributed by atoms with Gasteiger partial charge in [-0.3, -0.25) is 4.79 Å². The van der Waals surface area contributed by atoms with Gasteiger partial charge in [0.2, 0.25) is 0 Å². The second-order valence-electron chi connectivity index (χ2n) is 6.35. The van der Waals surface area contributed by atoms with Crippen molar-refractivity contribution < 1.29 is 23.4 Å². The second kappa shape index (κ2) is 9.29. The van der Waals surface area contributed by atoms with Gasteiger partial charge in [0.15, 0.2) is 6.61 Å². The predicted molar refractivity (Wildman–Crippen MR) is 95.1 cm³/mol. The molecule has 2 N–H and O–H groups in total. The maximum Gasteiger partial charge on any atom is 0.257 e. The van der Waals surface area contributed by atoms with Crippen molar-refractivity contribution in [1.29, 1.82) is 0 Å². The lowest BCUT2D eigenvalue weighted by Crippen LogP contribution is -2.35. The molecule has 0 spiro atoms. The van der Waals surface area contributed by atoms with E-state index in [0.717, 1.165) is 29.3 Å². The van der Waals surface area contributed by atoms with Gasteiger partial charge in [0.05, 0.1) is 0 Å². The van der Waals surface area contributed by atoms with Crippen molar-refractivity contribution in [2.24, 2.45) is 5.92 Å². The molecule has 140 valence electrons. The van der Waals surface area contributed by atoms with Crippen molar-refractivity contribution in [2.45, 2.75) is 20.3 Å². The first kappa shape index (κ1) is 19.8. The minimum Gasteiger partial charge on any atom is -0.484 e. The summed E-state index contributed by atoms with van der Waals surface area (Å²) in [5, 5.41) is 12.1. The number of hydrogen-bond donors (Lipinski definition) is 2. The lowest BCUT2D eigenvalue weighted by molar-refractivity contribution is -0.123. The van der Waals surface area contributed by atoms with Crippen molar-refractivity contribution in [3.63, 3.8) is 0 Å². The molecule has 1 amide bonds. The molecule has 2 aromatic rings. The molecule has 0 unspecified atom stereocenters. The normalized spacial score (nSPS) is 11.9. The van der Waals surface area contributed by atoms with Crippen LogP contribution in [0.2, 0.25) is 0 Å². The van der Waals surface area contributed by atoms with Crippen LogP contribution in [0.4, 0.5) is 8.78 Å². The Morgan fingerprint density at radius 3 is 2.65 bits per heavy atom. The maximum absolute atomic E-state index is 13.7. The molecule has 2 aromatic carbocycles. The minimum absolute atomic E-state index is 0.123. The number of hydrogen-bond acceptors (Lipinski definition) is 3. The first-order valence-corrected chi connectivity index (χ1v) is 8.40. The van der Waals surface area contributed by atoms with Crippen LogP contribution in [0.1, 0.15) is 16.7 Å². The van der Waals surface area contributed by atoms with Crippen LogP contribution in [0.15, 0.2) is 36.4 Å². The average molecular weight is 363 g/mol. The molecule has 0 fully saturated rings. The molecule has 0 saturated carbocycles. The highest BCUT2D eigenvalue weighted by Crippen LogP contribution is 2.18. The fraction of sp³-hybridized carbons (Fsp3) is 0.350. The Bertz CT molecular complexity index is 765. The van der Waals surface area contributed by atoms with Gasteiger partial charge >= 0.3 is 0 Å².